The van der Waals surface area contributed by atoms with Gasteiger partial charge in [0, 0.05) is 25.7 Å². The summed E-state index contributed by atoms with van der Waals surface area (Å²) in [6.45, 7) is 1.69. The highest BCUT2D eigenvalue weighted by Crippen LogP contribution is 2.42. The van der Waals surface area contributed by atoms with Gasteiger partial charge in [-0.25, -0.2) is 0 Å². The van der Waals surface area contributed by atoms with E-state index in [1.807, 2.05) is 0 Å². The molecule has 2 heterocycles. The summed E-state index contributed by atoms with van der Waals surface area (Å²) >= 11 is 0. The number of fused-ring (bicyclic) bond motifs is 1. The maximum absolute atomic E-state index is 12.9. The summed E-state index contributed by atoms with van der Waals surface area (Å²) in [6, 6.07) is 4.33. The van der Waals surface area contributed by atoms with Crippen molar-refractivity contribution in [2.45, 2.75) is 18.8 Å². The normalized spacial score (nSPS) is 24.0. The Morgan fingerprint density at radius 3 is 2.86 bits per heavy atom. The Labute approximate surface area is 120 Å². The first-order valence-electron chi connectivity index (χ1n) is 6.70. The highest BCUT2D eigenvalue weighted by molar-refractivity contribution is 5.47. The lowest BCUT2D eigenvalue weighted by molar-refractivity contribution is -0.286. The lowest BCUT2D eigenvalue weighted by atomic mass is 10.0. The van der Waals surface area contributed by atoms with Crippen molar-refractivity contribution in [1.82, 2.24) is 0 Å². The number of ether oxygens (including phenoxy) is 5. The topological polar surface area (TPSA) is 46.2 Å². The maximum Gasteiger partial charge on any atom is 0.586 e. The van der Waals surface area contributed by atoms with Gasteiger partial charge in [-0.3, -0.25) is 0 Å². The highest BCUT2D eigenvalue weighted by atomic mass is 19.3. The third-order valence-corrected chi connectivity index (χ3v) is 3.58. The van der Waals surface area contributed by atoms with Gasteiger partial charge in [-0.05, 0) is 18.6 Å². The standard InChI is InChI=1S/C14H16F2O5/c1-17-13(9-4-5-18-7-9)8-19-10-2-3-11-12(6-10)21-14(15,16)20-11/h2-3,6,9,13H,4-5,7-8H2,1H3. The summed E-state index contributed by atoms with van der Waals surface area (Å²) in [6.07, 6.45) is -2.79. The zero-order chi connectivity index (χ0) is 14.9. The first kappa shape index (κ1) is 14.3. The second-order valence-electron chi connectivity index (χ2n) is 4.98. The fourth-order valence-electron chi connectivity index (χ4n) is 2.44. The summed E-state index contributed by atoms with van der Waals surface area (Å²) in [5, 5.41) is 0. The van der Waals surface area contributed by atoms with Crippen molar-refractivity contribution in [3.63, 3.8) is 0 Å². The molecule has 0 radical (unpaired) electrons. The van der Waals surface area contributed by atoms with E-state index >= 15 is 0 Å². The SMILES string of the molecule is COC(COc1ccc2c(c1)OC(F)(F)O2)C1CCOC1. The van der Waals surface area contributed by atoms with E-state index in [9.17, 15) is 8.78 Å². The average Bonchev–Trinajstić information content (AvgIpc) is 3.05. The van der Waals surface area contributed by atoms with Crippen molar-refractivity contribution in [3.05, 3.63) is 18.2 Å². The molecule has 2 aliphatic rings. The molecule has 0 aliphatic carbocycles. The number of rotatable bonds is 5. The fourth-order valence-corrected chi connectivity index (χ4v) is 2.44. The van der Waals surface area contributed by atoms with Crippen molar-refractivity contribution >= 4 is 0 Å². The Balaban J connectivity index is 1.61. The first-order chi connectivity index (χ1) is 10.1. The Bertz CT molecular complexity index is 502. The summed E-state index contributed by atoms with van der Waals surface area (Å²) in [5.74, 6) is 0.680. The van der Waals surface area contributed by atoms with Crippen molar-refractivity contribution in [2.75, 3.05) is 26.9 Å². The van der Waals surface area contributed by atoms with E-state index in [0.717, 1.165) is 13.0 Å². The molecular weight excluding hydrogens is 286 g/mol. The minimum Gasteiger partial charge on any atom is -0.491 e. The van der Waals surface area contributed by atoms with E-state index in [1.54, 1.807) is 13.2 Å². The van der Waals surface area contributed by atoms with Gasteiger partial charge < -0.3 is 23.7 Å². The van der Waals surface area contributed by atoms with Crippen LogP contribution in [-0.4, -0.2) is 39.3 Å². The number of hydrogen-bond acceptors (Lipinski definition) is 5. The van der Waals surface area contributed by atoms with Crippen molar-refractivity contribution < 1.29 is 32.5 Å². The van der Waals surface area contributed by atoms with E-state index in [2.05, 4.69) is 9.47 Å². The smallest absolute Gasteiger partial charge is 0.491 e. The summed E-state index contributed by atoms with van der Waals surface area (Å²) in [7, 11) is 1.62. The van der Waals surface area contributed by atoms with Crippen LogP contribution in [0.25, 0.3) is 0 Å². The highest BCUT2D eigenvalue weighted by Gasteiger charge is 2.43. The van der Waals surface area contributed by atoms with E-state index in [-0.39, 0.29) is 23.5 Å². The van der Waals surface area contributed by atoms with Gasteiger partial charge >= 0.3 is 6.29 Å². The summed E-state index contributed by atoms with van der Waals surface area (Å²) < 4.78 is 50.9. The van der Waals surface area contributed by atoms with Gasteiger partial charge in [0.05, 0.1) is 12.7 Å². The summed E-state index contributed by atoms with van der Waals surface area (Å²) in [5.41, 5.74) is 0. The molecule has 0 spiro atoms. The van der Waals surface area contributed by atoms with Crippen LogP contribution in [0.1, 0.15) is 6.42 Å². The Hall–Kier alpha value is -1.60. The Morgan fingerprint density at radius 1 is 1.33 bits per heavy atom. The zero-order valence-electron chi connectivity index (χ0n) is 11.5. The van der Waals surface area contributed by atoms with Crippen LogP contribution in [-0.2, 0) is 9.47 Å². The minimum absolute atomic E-state index is 0.000153. The molecule has 2 aliphatic heterocycles. The van der Waals surface area contributed by atoms with Crippen LogP contribution < -0.4 is 14.2 Å². The van der Waals surface area contributed by atoms with Crippen LogP contribution in [0.4, 0.5) is 8.78 Å². The number of methoxy groups -OCH3 is 1. The van der Waals surface area contributed by atoms with Gasteiger partial charge in [0.2, 0.25) is 0 Å². The minimum atomic E-state index is -3.61. The second-order valence-corrected chi connectivity index (χ2v) is 4.98. The quantitative estimate of drug-likeness (QED) is 0.836. The predicted molar refractivity (Wildman–Crippen MR) is 67.9 cm³/mol. The molecule has 2 atom stereocenters. The van der Waals surface area contributed by atoms with Gasteiger partial charge in [0.15, 0.2) is 11.5 Å². The van der Waals surface area contributed by atoms with Gasteiger partial charge in [-0.2, -0.15) is 0 Å². The molecule has 0 N–H and O–H groups in total. The molecular formula is C14H16F2O5. The van der Waals surface area contributed by atoms with Crippen molar-refractivity contribution in [2.24, 2.45) is 5.92 Å². The number of hydrogen-bond donors (Lipinski definition) is 0. The maximum atomic E-state index is 12.9. The largest absolute Gasteiger partial charge is 0.586 e. The van der Waals surface area contributed by atoms with Gasteiger partial charge in [-0.1, -0.05) is 0 Å². The first-order valence-corrected chi connectivity index (χ1v) is 6.70. The second kappa shape index (κ2) is 5.65. The number of benzene rings is 1. The molecule has 116 valence electrons. The van der Waals surface area contributed by atoms with Crippen LogP contribution in [0, 0.1) is 5.92 Å². The fraction of sp³-hybridized carbons (Fsp3) is 0.571. The molecule has 0 amide bonds. The third-order valence-electron chi connectivity index (χ3n) is 3.58. The molecule has 1 aromatic rings. The molecule has 5 nitrogen and oxygen atoms in total. The molecule has 3 rings (SSSR count). The van der Waals surface area contributed by atoms with E-state index in [0.29, 0.717) is 19.0 Å². The molecule has 1 saturated heterocycles. The van der Waals surface area contributed by atoms with E-state index < -0.39 is 6.29 Å². The molecule has 0 saturated carbocycles. The van der Waals surface area contributed by atoms with Crippen molar-refractivity contribution in [3.8, 4) is 17.2 Å². The molecule has 2 unspecified atom stereocenters. The van der Waals surface area contributed by atoms with Crippen LogP contribution >= 0.6 is 0 Å². The van der Waals surface area contributed by atoms with Crippen LogP contribution in [0.5, 0.6) is 17.2 Å². The van der Waals surface area contributed by atoms with Gasteiger partial charge in [0.25, 0.3) is 0 Å². The molecule has 1 aromatic carbocycles. The summed E-state index contributed by atoms with van der Waals surface area (Å²) in [4.78, 5) is 0. The van der Waals surface area contributed by atoms with Crippen LogP contribution in [0.15, 0.2) is 18.2 Å². The predicted octanol–water partition coefficient (Wildman–Crippen LogP) is 2.44. The third kappa shape index (κ3) is 3.19. The van der Waals surface area contributed by atoms with Crippen LogP contribution in [0.3, 0.4) is 0 Å². The van der Waals surface area contributed by atoms with Crippen molar-refractivity contribution in [1.29, 1.82) is 0 Å². The molecule has 7 heteroatoms. The Morgan fingerprint density at radius 2 is 2.14 bits per heavy atom. The lowest BCUT2D eigenvalue weighted by Gasteiger charge is -2.21. The molecule has 21 heavy (non-hydrogen) atoms. The van der Waals surface area contributed by atoms with Gasteiger partial charge in [0.1, 0.15) is 12.4 Å². The average molecular weight is 302 g/mol. The van der Waals surface area contributed by atoms with Crippen LogP contribution in [0.2, 0.25) is 0 Å². The van der Waals surface area contributed by atoms with Gasteiger partial charge in [-0.15, -0.1) is 8.78 Å². The Kier molecular flexibility index (Phi) is 3.86. The zero-order valence-corrected chi connectivity index (χ0v) is 11.5. The molecule has 0 aromatic heterocycles. The molecule has 1 fully saturated rings. The monoisotopic (exact) mass is 302 g/mol. The number of halogens is 2. The van der Waals surface area contributed by atoms with E-state index in [1.165, 1.54) is 12.1 Å². The lowest BCUT2D eigenvalue weighted by Crippen LogP contribution is -2.29. The van der Waals surface area contributed by atoms with E-state index in [4.69, 9.17) is 14.2 Å². The number of alkyl halides is 2. The molecule has 0 bridgehead atoms.